The van der Waals surface area contributed by atoms with Crippen molar-refractivity contribution in [1.82, 2.24) is 15.5 Å². The molecule has 0 spiro atoms. The van der Waals surface area contributed by atoms with Crippen molar-refractivity contribution in [2.45, 2.75) is 31.3 Å². The number of benzene rings is 2. The topological polar surface area (TPSA) is 78.5 Å². The van der Waals surface area contributed by atoms with Crippen LogP contribution in [0.2, 0.25) is 0 Å². The zero-order valence-corrected chi connectivity index (χ0v) is 15.7. The van der Waals surface area contributed by atoms with Crippen molar-refractivity contribution < 1.29 is 14.4 Å². The summed E-state index contributed by atoms with van der Waals surface area (Å²) in [7, 11) is 3.48. The standard InChI is InChI=1S/C21H25N3O3/c1-22-21(27)18-12-15(13-24(18)2)23-20(26)11-10-19(25)17-9-5-7-14-6-3-4-8-16(14)17/h3-9,15,18H,10-13H2,1-2H3,(H,22,27)(H,23,26). The third-order valence-corrected chi connectivity index (χ3v) is 5.13. The second kappa shape index (κ2) is 8.31. The predicted octanol–water partition coefficient (Wildman–Crippen LogP) is 1.74. The Morgan fingerprint density at radius 1 is 1.07 bits per heavy atom. The summed E-state index contributed by atoms with van der Waals surface area (Å²) in [5.74, 6) is -0.228. The number of nitrogens with one attached hydrogen (secondary N) is 2. The lowest BCUT2D eigenvalue weighted by molar-refractivity contribution is -0.125. The molecule has 1 aliphatic rings. The minimum Gasteiger partial charge on any atom is -0.358 e. The summed E-state index contributed by atoms with van der Waals surface area (Å²) < 4.78 is 0. The predicted molar refractivity (Wildman–Crippen MR) is 105 cm³/mol. The van der Waals surface area contributed by atoms with Gasteiger partial charge in [-0.2, -0.15) is 0 Å². The van der Waals surface area contributed by atoms with Gasteiger partial charge in [-0.15, -0.1) is 0 Å². The first kappa shape index (κ1) is 19.0. The third-order valence-electron chi connectivity index (χ3n) is 5.13. The van der Waals surface area contributed by atoms with E-state index in [2.05, 4.69) is 10.6 Å². The SMILES string of the molecule is CNC(=O)C1CC(NC(=O)CCC(=O)c2cccc3ccccc23)CN1C. The van der Waals surface area contributed by atoms with Gasteiger partial charge in [0.15, 0.2) is 5.78 Å². The van der Waals surface area contributed by atoms with Gasteiger partial charge in [0.25, 0.3) is 0 Å². The van der Waals surface area contributed by atoms with E-state index in [-0.39, 0.29) is 42.5 Å². The highest BCUT2D eigenvalue weighted by Gasteiger charge is 2.34. The number of likely N-dealkylation sites (N-methyl/N-ethyl adjacent to an activating group) is 2. The molecule has 1 saturated heterocycles. The van der Waals surface area contributed by atoms with Crippen LogP contribution in [0.4, 0.5) is 0 Å². The fourth-order valence-corrected chi connectivity index (χ4v) is 3.71. The Bertz CT molecular complexity index is 859. The first-order chi connectivity index (χ1) is 13.0. The van der Waals surface area contributed by atoms with Crippen LogP contribution in [0.1, 0.15) is 29.6 Å². The van der Waals surface area contributed by atoms with Crippen LogP contribution in [0.5, 0.6) is 0 Å². The molecule has 1 fully saturated rings. The molecule has 2 aromatic rings. The van der Waals surface area contributed by atoms with Crippen LogP contribution in [-0.4, -0.2) is 55.2 Å². The first-order valence-corrected chi connectivity index (χ1v) is 9.21. The minimum absolute atomic E-state index is 0.0336. The van der Waals surface area contributed by atoms with E-state index >= 15 is 0 Å². The lowest BCUT2D eigenvalue weighted by atomic mass is 9.99. The Labute approximate surface area is 158 Å². The summed E-state index contributed by atoms with van der Waals surface area (Å²) in [6.45, 7) is 0.626. The fourth-order valence-electron chi connectivity index (χ4n) is 3.71. The van der Waals surface area contributed by atoms with Crippen LogP contribution in [0, 0.1) is 0 Å². The van der Waals surface area contributed by atoms with Gasteiger partial charge in [-0.25, -0.2) is 0 Å². The van der Waals surface area contributed by atoms with Gasteiger partial charge in [-0.3, -0.25) is 19.3 Å². The summed E-state index contributed by atoms with van der Waals surface area (Å²) in [6.07, 6.45) is 0.896. The number of hydrogen-bond acceptors (Lipinski definition) is 4. The van der Waals surface area contributed by atoms with E-state index in [0.717, 1.165) is 10.8 Å². The maximum absolute atomic E-state index is 12.6. The molecule has 1 heterocycles. The molecule has 142 valence electrons. The molecule has 0 saturated carbocycles. The molecule has 27 heavy (non-hydrogen) atoms. The summed E-state index contributed by atoms with van der Waals surface area (Å²) in [5.41, 5.74) is 0.654. The van der Waals surface area contributed by atoms with E-state index in [1.54, 1.807) is 7.05 Å². The Hall–Kier alpha value is -2.73. The normalized spacial score (nSPS) is 19.8. The van der Waals surface area contributed by atoms with Gasteiger partial charge < -0.3 is 10.6 Å². The quantitative estimate of drug-likeness (QED) is 0.763. The monoisotopic (exact) mass is 367 g/mol. The summed E-state index contributed by atoms with van der Waals surface area (Å²) in [4.78, 5) is 38.6. The number of fused-ring (bicyclic) bond motifs is 1. The average Bonchev–Trinajstić information content (AvgIpc) is 3.05. The largest absolute Gasteiger partial charge is 0.358 e. The molecule has 2 aromatic carbocycles. The van der Waals surface area contributed by atoms with Crippen molar-refractivity contribution in [3.63, 3.8) is 0 Å². The average molecular weight is 367 g/mol. The lowest BCUT2D eigenvalue weighted by Gasteiger charge is -2.16. The number of Topliss-reactive ketones (excluding diaryl/α,β-unsaturated/α-hetero) is 1. The number of likely N-dealkylation sites (tertiary alicyclic amines) is 1. The molecule has 2 atom stereocenters. The molecular formula is C21H25N3O3. The number of rotatable bonds is 6. The maximum atomic E-state index is 12.6. The van der Waals surface area contributed by atoms with Crippen LogP contribution in [0.25, 0.3) is 10.8 Å². The van der Waals surface area contributed by atoms with Crippen LogP contribution in [-0.2, 0) is 9.59 Å². The van der Waals surface area contributed by atoms with E-state index in [0.29, 0.717) is 18.5 Å². The van der Waals surface area contributed by atoms with Crippen molar-refractivity contribution in [1.29, 1.82) is 0 Å². The van der Waals surface area contributed by atoms with Crippen molar-refractivity contribution in [2.75, 3.05) is 20.6 Å². The Morgan fingerprint density at radius 2 is 1.81 bits per heavy atom. The number of amides is 2. The van der Waals surface area contributed by atoms with Crippen molar-refractivity contribution in [3.05, 3.63) is 48.0 Å². The highest BCUT2D eigenvalue weighted by atomic mass is 16.2. The van der Waals surface area contributed by atoms with Crippen LogP contribution >= 0.6 is 0 Å². The lowest BCUT2D eigenvalue weighted by Crippen LogP contribution is -2.39. The Kier molecular flexibility index (Phi) is 5.86. The van der Waals surface area contributed by atoms with Crippen LogP contribution in [0.3, 0.4) is 0 Å². The van der Waals surface area contributed by atoms with Gasteiger partial charge in [0, 0.05) is 38.0 Å². The molecule has 1 aliphatic heterocycles. The van der Waals surface area contributed by atoms with Gasteiger partial charge in [-0.1, -0.05) is 42.5 Å². The molecular weight excluding hydrogens is 342 g/mol. The van der Waals surface area contributed by atoms with Gasteiger partial charge in [0.2, 0.25) is 11.8 Å². The Morgan fingerprint density at radius 3 is 2.59 bits per heavy atom. The van der Waals surface area contributed by atoms with E-state index < -0.39 is 0 Å². The van der Waals surface area contributed by atoms with Gasteiger partial charge in [0.05, 0.1) is 6.04 Å². The maximum Gasteiger partial charge on any atom is 0.237 e. The molecule has 2 unspecified atom stereocenters. The second-order valence-corrected chi connectivity index (χ2v) is 7.02. The highest BCUT2D eigenvalue weighted by molar-refractivity contribution is 6.08. The van der Waals surface area contributed by atoms with E-state index in [9.17, 15) is 14.4 Å². The van der Waals surface area contributed by atoms with E-state index in [1.165, 1.54) is 0 Å². The van der Waals surface area contributed by atoms with Crippen molar-refractivity contribution >= 4 is 28.4 Å². The van der Waals surface area contributed by atoms with Crippen molar-refractivity contribution in [2.24, 2.45) is 0 Å². The Balaban J connectivity index is 1.55. The summed E-state index contributed by atoms with van der Waals surface area (Å²) in [5, 5.41) is 7.52. The minimum atomic E-state index is -0.224. The molecule has 6 heteroatoms. The highest BCUT2D eigenvalue weighted by Crippen LogP contribution is 2.20. The zero-order valence-electron chi connectivity index (χ0n) is 15.7. The number of ketones is 1. The summed E-state index contributed by atoms with van der Waals surface area (Å²) in [6, 6.07) is 13.1. The van der Waals surface area contributed by atoms with Crippen LogP contribution in [0.15, 0.2) is 42.5 Å². The molecule has 2 N–H and O–H groups in total. The van der Waals surface area contributed by atoms with Gasteiger partial charge in [0.1, 0.15) is 0 Å². The van der Waals surface area contributed by atoms with E-state index in [4.69, 9.17) is 0 Å². The third kappa shape index (κ3) is 4.34. The van der Waals surface area contributed by atoms with Gasteiger partial charge in [-0.05, 0) is 24.2 Å². The second-order valence-electron chi connectivity index (χ2n) is 7.02. The number of carbonyl (C=O) groups is 3. The number of nitrogens with zero attached hydrogens (tertiary/aromatic N) is 1. The molecule has 0 radical (unpaired) electrons. The zero-order chi connectivity index (χ0) is 19.4. The molecule has 0 aliphatic carbocycles. The molecule has 2 amide bonds. The molecule has 0 aromatic heterocycles. The molecule has 0 bridgehead atoms. The van der Waals surface area contributed by atoms with E-state index in [1.807, 2.05) is 54.4 Å². The molecule has 6 nitrogen and oxygen atoms in total. The van der Waals surface area contributed by atoms with Crippen LogP contribution < -0.4 is 10.6 Å². The van der Waals surface area contributed by atoms with Gasteiger partial charge >= 0.3 is 0 Å². The fraction of sp³-hybridized carbons (Fsp3) is 0.381. The smallest absolute Gasteiger partial charge is 0.237 e. The number of hydrogen-bond donors (Lipinski definition) is 2. The first-order valence-electron chi connectivity index (χ1n) is 9.21. The molecule has 3 rings (SSSR count). The van der Waals surface area contributed by atoms with Crippen molar-refractivity contribution in [3.8, 4) is 0 Å². The number of carbonyl (C=O) groups excluding carboxylic acids is 3. The summed E-state index contributed by atoms with van der Waals surface area (Å²) >= 11 is 0.